The number of fused-ring (bicyclic) bond motifs is 1. The fourth-order valence-corrected chi connectivity index (χ4v) is 2.58. The maximum Gasteiger partial charge on any atom is 0.238 e. The van der Waals surface area contributed by atoms with E-state index >= 15 is 0 Å². The van der Waals surface area contributed by atoms with Crippen LogP contribution in [0, 0.1) is 0 Å². The van der Waals surface area contributed by atoms with Gasteiger partial charge in [-0.25, -0.2) is 0 Å². The molecule has 3 heteroatoms. The van der Waals surface area contributed by atoms with E-state index < -0.39 is 0 Å². The number of nitrogens with zero attached hydrogens (tertiary/aromatic N) is 1. The molecule has 0 bridgehead atoms. The zero-order valence-electron chi connectivity index (χ0n) is 9.33. The van der Waals surface area contributed by atoms with E-state index in [0.717, 1.165) is 18.7 Å². The van der Waals surface area contributed by atoms with Crippen LogP contribution in [-0.4, -0.2) is 12.5 Å². The molecule has 3 rings (SSSR count). The molecule has 0 unspecified atom stereocenters. The van der Waals surface area contributed by atoms with Crippen molar-refractivity contribution in [2.45, 2.75) is 32.1 Å². The van der Waals surface area contributed by atoms with Crippen LogP contribution in [0.3, 0.4) is 0 Å². The zero-order valence-corrected chi connectivity index (χ0v) is 9.33. The van der Waals surface area contributed by atoms with Crippen molar-refractivity contribution >= 4 is 11.6 Å². The van der Waals surface area contributed by atoms with Gasteiger partial charge in [0.15, 0.2) is 0 Å². The van der Waals surface area contributed by atoms with E-state index in [1.165, 1.54) is 30.4 Å². The van der Waals surface area contributed by atoms with Crippen molar-refractivity contribution < 1.29 is 4.79 Å². The lowest BCUT2D eigenvalue weighted by atomic mass is 10.1. The van der Waals surface area contributed by atoms with E-state index in [4.69, 9.17) is 0 Å². The van der Waals surface area contributed by atoms with Crippen LogP contribution in [0.1, 0.15) is 30.4 Å². The van der Waals surface area contributed by atoms with Crippen LogP contribution < -0.4 is 10.4 Å². The number of rotatable bonds is 1. The number of carbonyl (C=O) groups excluding carboxylic acids is 1. The Bertz CT molecular complexity index is 428. The van der Waals surface area contributed by atoms with Gasteiger partial charge >= 0.3 is 0 Å². The number of carbonyl (C=O) groups is 1. The molecule has 1 saturated heterocycles. The molecule has 1 aromatic rings. The van der Waals surface area contributed by atoms with Gasteiger partial charge in [0.05, 0.1) is 5.69 Å². The average molecular weight is 216 g/mol. The second kappa shape index (κ2) is 3.81. The van der Waals surface area contributed by atoms with E-state index in [1.807, 2.05) is 5.01 Å². The summed E-state index contributed by atoms with van der Waals surface area (Å²) in [5.41, 5.74) is 6.99. The predicted molar refractivity (Wildman–Crippen MR) is 63.2 cm³/mol. The number of hydrogen-bond donors (Lipinski definition) is 1. The van der Waals surface area contributed by atoms with Gasteiger partial charge < -0.3 is 0 Å². The van der Waals surface area contributed by atoms with Crippen LogP contribution in [0.25, 0.3) is 0 Å². The maximum atomic E-state index is 11.3. The number of nitrogens with one attached hydrogen (secondary N) is 1. The van der Waals surface area contributed by atoms with Gasteiger partial charge in [-0.2, -0.15) is 0 Å². The summed E-state index contributed by atoms with van der Waals surface area (Å²) in [4.78, 5) is 11.3. The van der Waals surface area contributed by atoms with Crippen LogP contribution in [0.4, 0.5) is 5.69 Å². The molecule has 1 heterocycles. The predicted octanol–water partition coefficient (Wildman–Crippen LogP) is 1.81. The van der Waals surface area contributed by atoms with Crippen LogP contribution in [0.15, 0.2) is 18.2 Å². The van der Waals surface area contributed by atoms with E-state index in [2.05, 4.69) is 23.6 Å². The smallest absolute Gasteiger partial charge is 0.238 e. The molecule has 1 amide bonds. The Labute approximate surface area is 95.4 Å². The van der Waals surface area contributed by atoms with Crippen molar-refractivity contribution in [1.82, 2.24) is 5.43 Å². The number of anilines is 1. The molecule has 3 nitrogen and oxygen atoms in total. The highest BCUT2D eigenvalue weighted by Crippen LogP contribution is 2.26. The Hall–Kier alpha value is -1.51. The number of hydrogen-bond acceptors (Lipinski definition) is 2. The molecule has 1 aromatic carbocycles. The van der Waals surface area contributed by atoms with Gasteiger partial charge in [-0.05, 0) is 48.9 Å². The van der Waals surface area contributed by atoms with Crippen molar-refractivity contribution in [3.8, 4) is 0 Å². The third-order valence-corrected chi connectivity index (χ3v) is 3.44. The highest BCUT2D eigenvalue weighted by atomic mass is 16.2. The summed E-state index contributed by atoms with van der Waals surface area (Å²) in [6.07, 6.45) is 5.27. The lowest BCUT2D eigenvalue weighted by molar-refractivity contribution is -0.122. The largest absolute Gasteiger partial charge is 0.286 e. The minimum absolute atomic E-state index is 0.131. The number of benzene rings is 1. The first-order chi connectivity index (χ1) is 7.83. The molecule has 1 N–H and O–H groups in total. The Kier molecular flexibility index (Phi) is 2.31. The molecule has 1 aliphatic heterocycles. The molecular weight excluding hydrogens is 200 g/mol. The quantitative estimate of drug-likeness (QED) is 0.776. The molecule has 0 aromatic heterocycles. The van der Waals surface area contributed by atoms with Crippen LogP contribution >= 0.6 is 0 Å². The molecule has 0 radical (unpaired) electrons. The van der Waals surface area contributed by atoms with E-state index in [9.17, 15) is 4.79 Å². The van der Waals surface area contributed by atoms with Gasteiger partial charge in [-0.3, -0.25) is 15.2 Å². The summed E-state index contributed by atoms with van der Waals surface area (Å²) in [6.45, 7) is 0.921. The van der Waals surface area contributed by atoms with Crippen molar-refractivity contribution in [3.05, 3.63) is 29.3 Å². The first-order valence-electron chi connectivity index (χ1n) is 6.02. The van der Waals surface area contributed by atoms with Gasteiger partial charge in [0.25, 0.3) is 0 Å². The number of hydrazine groups is 1. The highest BCUT2D eigenvalue weighted by molar-refractivity contribution is 5.79. The summed E-state index contributed by atoms with van der Waals surface area (Å²) >= 11 is 0. The molecule has 1 aliphatic carbocycles. The number of aryl methyl sites for hydroxylation is 2. The zero-order chi connectivity index (χ0) is 11.0. The summed E-state index contributed by atoms with van der Waals surface area (Å²) in [6, 6.07) is 6.56. The van der Waals surface area contributed by atoms with Crippen molar-refractivity contribution in [1.29, 1.82) is 0 Å². The monoisotopic (exact) mass is 216 g/mol. The number of amides is 1. The Balaban J connectivity index is 1.86. The van der Waals surface area contributed by atoms with Crippen LogP contribution in [0.2, 0.25) is 0 Å². The van der Waals surface area contributed by atoms with Gasteiger partial charge in [-0.1, -0.05) is 6.07 Å². The minimum Gasteiger partial charge on any atom is -0.286 e. The standard InChI is InChI=1S/C13H16N2O/c16-13-5-2-8-15(14-13)12-7-6-10-3-1-4-11(10)9-12/h6-7,9H,1-5,8H2,(H,14,16). The highest BCUT2D eigenvalue weighted by Gasteiger charge is 2.18. The normalized spacial score (nSPS) is 19.5. The fraction of sp³-hybridized carbons (Fsp3) is 0.462. The van der Waals surface area contributed by atoms with Crippen molar-refractivity contribution in [2.75, 3.05) is 11.6 Å². The second-order valence-electron chi connectivity index (χ2n) is 4.60. The first-order valence-corrected chi connectivity index (χ1v) is 6.02. The van der Waals surface area contributed by atoms with Crippen LogP contribution in [0.5, 0.6) is 0 Å². The Morgan fingerprint density at radius 2 is 1.94 bits per heavy atom. The minimum atomic E-state index is 0.131. The third-order valence-electron chi connectivity index (χ3n) is 3.44. The third kappa shape index (κ3) is 1.66. The molecule has 16 heavy (non-hydrogen) atoms. The van der Waals surface area contributed by atoms with E-state index in [1.54, 1.807) is 0 Å². The summed E-state index contributed by atoms with van der Waals surface area (Å²) in [5, 5.41) is 1.98. The molecule has 2 aliphatic rings. The van der Waals surface area contributed by atoms with E-state index in [0.29, 0.717) is 6.42 Å². The average Bonchev–Trinajstić information content (AvgIpc) is 2.75. The van der Waals surface area contributed by atoms with Gasteiger partial charge in [0, 0.05) is 13.0 Å². The SMILES string of the molecule is O=C1CCCN(c2ccc3c(c2)CCC3)N1. The molecule has 0 spiro atoms. The molecule has 1 fully saturated rings. The topological polar surface area (TPSA) is 32.3 Å². The molecule has 84 valence electrons. The second-order valence-corrected chi connectivity index (χ2v) is 4.60. The lowest BCUT2D eigenvalue weighted by Crippen LogP contribution is -2.46. The molecular formula is C13H16N2O. The lowest BCUT2D eigenvalue weighted by Gasteiger charge is -2.29. The summed E-state index contributed by atoms with van der Waals surface area (Å²) in [7, 11) is 0. The van der Waals surface area contributed by atoms with Crippen molar-refractivity contribution in [2.24, 2.45) is 0 Å². The van der Waals surface area contributed by atoms with E-state index in [-0.39, 0.29) is 5.91 Å². The fourth-order valence-electron chi connectivity index (χ4n) is 2.58. The Morgan fingerprint density at radius 1 is 1.06 bits per heavy atom. The van der Waals surface area contributed by atoms with Gasteiger partial charge in [0.1, 0.15) is 0 Å². The maximum absolute atomic E-state index is 11.3. The summed E-state index contributed by atoms with van der Waals surface area (Å²) in [5.74, 6) is 0.131. The van der Waals surface area contributed by atoms with Gasteiger partial charge in [-0.15, -0.1) is 0 Å². The molecule has 0 saturated carbocycles. The molecule has 0 atom stereocenters. The summed E-state index contributed by atoms with van der Waals surface area (Å²) < 4.78 is 0. The van der Waals surface area contributed by atoms with Crippen LogP contribution in [-0.2, 0) is 17.6 Å². The van der Waals surface area contributed by atoms with Gasteiger partial charge in [0.2, 0.25) is 5.91 Å². The first kappa shape index (κ1) is 9.70. The Morgan fingerprint density at radius 3 is 2.81 bits per heavy atom. The van der Waals surface area contributed by atoms with Crippen molar-refractivity contribution in [3.63, 3.8) is 0 Å².